The predicted molar refractivity (Wildman–Crippen MR) is 135 cm³/mol. The van der Waals surface area contributed by atoms with Gasteiger partial charge in [0.15, 0.2) is 0 Å². The number of carbonyl (C=O) groups is 2. The monoisotopic (exact) mass is 451 g/mol. The largest absolute Gasteiger partial charge is 0.369 e. The average Bonchev–Trinajstić information content (AvgIpc) is 2.78. The van der Waals surface area contributed by atoms with Crippen molar-refractivity contribution in [2.24, 2.45) is 0 Å². The number of piperazine rings is 1. The van der Waals surface area contributed by atoms with Crippen molar-refractivity contribution in [2.75, 3.05) is 49.5 Å². The lowest BCUT2D eigenvalue weighted by Gasteiger charge is -2.36. The van der Waals surface area contributed by atoms with Gasteiger partial charge in [0.25, 0.3) is 5.91 Å². The summed E-state index contributed by atoms with van der Waals surface area (Å²) in [7, 11) is 0. The molecule has 7 nitrogen and oxygen atoms in total. The highest BCUT2D eigenvalue weighted by Gasteiger charge is 2.17. The van der Waals surface area contributed by atoms with Crippen LogP contribution >= 0.6 is 0 Å². The smallest absolute Gasteiger partial charge is 0.319 e. The third kappa shape index (κ3) is 8.09. The maximum Gasteiger partial charge on any atom is 0.319 e. The Kier molecular flexibility index (Phi) is 9.13. The first-order valence-electron chi connectivity index (χ1n) is 11.9. The van der Waals surface area contributed by atoms with Crippen molar-refractivity contribution >= 4 is 23.3 Å². The zero-order valence-corrected chi connectivity index (χ0v) is 20.1. The van der Waals surface area contributed by atoms with Gasteiger partial charge in [-0.15, -0.1) is 0 Å². The third-order valence-electron chi connectivity index (χ3n) is 5.73. The molecule has 178 valence electrons. The van der Waals surface area contributed by atoms with Gasteiger partial charge in [0.05, 0.1) is 0 Å². The van der Waals surface area contributed by atoms with Crippen molar-refractivity contribution in [3.8, 4) is 0 Å². The average molecular weight is 452 g/mol. The lowest BCUT2D eigenvalue weighted by Crippen LogP contribution is -2.46. The summed E-state index contributed by atoms with van der Waals surface area (Å²) in [5.41, 5.74) is 3.77. The lowest BCUT2D eigenvalue weighted by molar-refractivity contribution is 0.0952. The zero-order valence-electron chi connectivity index (χ0n) is 20.1. The van der Waals surface area contributed by atoms with Crippen LogP contribution in [-0.2, 0) is 0 Å². The van der Waals surface area contributed by atoms with Crippen molar-refractivity contribution in [2.45, 2.75) is 39.7 Å². The van der Waals surface area contributed by atoms with E-state index in [1.165, 1.54) is 11.3 Å². The van der Waals surface area contributed by atoms with Gasteiger partial charge in [-0.3, -0.25) is 9.69 Å². The number of benzene rings is 2. The van der Waals surface area contributed by atoms with Crippen LogP contribution in [0.2, 0.25) is 0 Å². The van der Waals surface area contributed by atoms with Gasteiger partial charge in [-0.05, 0) is 76.1 Å². The third-order valence-corrected chi connectivity index (χ3v) is 5.73. The molecule has 3 N–H and O–H groups in total. The summed E-state index contributed by atoms with van der Waals surface area (Å²) in [6, 6.07) is 15.5. The molecule has 3 amide bonds. The number of nitrogens with zero attached hydrogens (tertiary/aromatic N) is 2. The van der Waals surface area contributed by atoms with Crippen LogP contribution in [0.4, 0.5) is 16.2 Å². The minimum atomic E-state index is -0.276. The van der Waals surface area contributed by atoms with E-state index in [1.54, 1.807) is 24.3 Å². The predicted octanol–water partition coefficient (Wildman–Crippen LogP) is 3.86. The van der Waals surface area contributed by atoms with Crippen LogP contribution in [0.1, 0.15) is 42.6 Å². The quantitative estimate of drug-likeness (QED) is 0.506. The number of anilines is 2. The van der Waals surface area contributed by atoms with E-state index >= 15 is 0 Å². The molecular formula is C26H37N5O2. The number of carbonyl (C=O) groups excluding carboxylic acids is 2. The van der Waals surface area contributed by atoms with Crippen molar-refractivity contribution in [3.63, 3.8) is 0 Å². The van der Waals surface area contributed by atoms with Gasteiger partial charge in [0, 0.05) is 55.7 Å². The van der Waals surface area contributed by atoms with Crippen LogP contribution in [0.25, 0.3) is 0 Å². The second-order valence-corrected chi connectivity index (χ2v) is 8.96. The molecule has 0 bridgehead atoms. The maximum atomic E-state index is 12.5. The summed E-state index contributed by atoms with van der Waals surface area (Å²) in [5.74, 6) is -0.116. The summed E-state index contributed by atoms with van der Waals surface area (Å²) < 4.78 is 0. The van der Waals surface area contributed by atoms with Crippen molar-refractivity contribution in [3.05, 3.63) is 59.7 Å². The molecule has 1 fully saturated rings. The van der Waals surface area contributed by atoms with Crippen LogP contribution in [-0.4, -0.2) is 62.1 Å². The van der Waals surface area contributed by atoms with Gasteiger partial charge < -0.3 is 20.9 Å². The first-order valence-corrected chi connectivity index (χ1v) is 11.9. The molecule has 2 aromatic rings. The van der Waals surface area contributed by atoms with E-state index in [0.29, 0.717) is 17.8 Å². The fourth-order valence-electron chi connectivity index (χ4n) is 3.99. The SMILES string of the molecule is Cc1cccc(N2CCN(CCCCNC(=O)c3cccc(NC(=O)NC(C)C)c3)CC2)c1. The number of aryl methyl sites for hydroxylation is 1. The van der Waals surface area contributed by atoms with Gasteiger partial charge in [0.2, 0.25) is 0 Å². The van der Waals surface area contributed by atoms with E-state index in [2.05, 4.69) is 56.9 Å². The Hall–Kier alpha value is -3.06. The molecule has 3 rings (SSSR count). The van der Waals surface area contributed by atoms with Crippen molar-refractivity contribution in [1.82, 2.24) is 15.5 Å². The van der Waals surface area contributed by atoms with E-state index in [-0.39, 0.29) is 18.0 Å². The Bertz CT molecular complexity index is 922. The number of urea groups is 1. The molecule has 1 heterocycles. The number of rotatable bonds is 9. The van der Waals surface area contributed by atoms with E-state index in [9.17, 15) is 9.59 Å². The number of nitrogens with one attached hydrogen (secondary N) is 3. The Labute approximate surface area is 197 Å². The molecule has 1 aliphatic heterocycles. The summed E-state index contributed by atoms with van der Waals surface area (Å²) in [6.45, 7) is 11.9. The molecular weight excluding hydrogens is 414 g/mol. The summed E-state index contributed by atoms with van der Waals surface area (Å²) in [5, 5.41) is 8.52. The first kappa shape index (κ1) is 24.6. The minimum absolute atomic E-state index is 0.0495. The van der Waals surface area contributed by atoms with Crippen LogP contribution in [0.5, 0.6) is 0 Å². The Balaban J connectivity index is 1.32. The van der Waals surface area contributed by atoms with Gasteiger partial charge >= 0.3 is 6.03 Å². The van der Waals surface area contributed by atoms with Gasteiger partial charge in [0.1, 0.15) is 0 Å². The van der Waals surface area contributed by atoms with E-state index in [4.69, 9.17) is 0 Å². The molecule has 1 aliphatic rings. The number of unbranched alkanes of at least 4 members (excludes halogenated alkanes) is 1. The lowest BCUT2D eigenvalue weighted by atomic mass is 10.1. The molecule has 2 aromatic carbocycles. The van der Waals surface area contributed by atoms with Gasteiger partial charge in [-0.1, -0.05) is 18.2 Å². The van der Waals surface area contributed by atoms with Gasteiger partial charge in [-0.25, -0.2) is 4.79 Å². The molecule has 0 atom stereocenters. The highest BCUT2D eigenvalue weighted by atomic mass is 16.2. The summed E-state index contributed by atoms with van der Waals surface area (Å²) in [4.78, 5) is 29.3. The molecule has 0 saturated carbocycles. The fourth-order valence-corrected chi connectivity index (χ4v) is 3.99. The Morgan fingerprint density at radius 3 is 2.45 bits per heavy atom. The molecule has 0 spiro atoms. The second kappa shape index (κ2) is 12.3. The molecule has 0 aromatic heterocycles. The molecule has 0 radical (unpaired) electrons. The van der Waals surface area contributed by atoms with E-state index in [1.807, 2.05) is 13.8 Å². The Morgan fingerprint density at radius 1 is 0.970 bits per heavy atom. The second-order valence-electron chi connectivity index (χ2n) is 8.96. The zero-order chi connectivity index (χ0) is 23.6. The first-order chi connectivity index (χ1) is 15.9. The molecule has 7 heteroatoms. The van der Waals surface area contributed by atoms with E-state index < -0.39 is 0 Å². The van der Waals surface area contributed by atoms with E-state index in [0.717, 1.165) is 45.6 Å². The minimum Gasteiger partial charge on any atom is -0.369 e. The van der Waals surface area contributed by atoms with Crippen molar-refractivity contribution < 1.29 is 9.59 Å². The van der Waals surface area contributed by atoms with Crippen LogP contribution in [0.15, 0.2) is 48.5 Å². The van der Waals surface area contributed by atoms with Crippen molar-refractivity contribution in [1.29, 1.82) is 0 Å². The molecule has 33 heavy (non-hydrogen) atoms. The fraction of sp³-hybridized carbons (Fsp3) is 0.462. The van der Waals surface area contributed by atoms with Crippen LogP contribution in [0, 0.1) is 6.92 Å². The summed E-state index contributed by atoms with van der Waals surface area (Å²) >= 11 is 0. The molecule has 0 unspecified atom stereocenters. The molecule has 0 aliphatic carbocycles. The maximum absolute atomic E-state index is 12.5. The summed E-state index contributed by atoms with van der Waals surface area (Å²) in [6.07, 6.45) is 2.00. The van der Waals surface area contributed by atoms with Crippen LogP contribution < -0.4 is 20.9 Å². The van der Waals surface area contributed by atoms with Crippen LogP contribution in [0.3, 0.4) is 0 Å². The number of hydrogen-bond donors (Lipinski definition) is 3. The Morgan fingerprint density at radius 2 is 1.73 bits per heavy atom. The number of amides is 3. The highest BCUT2D eigenvalue weighted by Crippen LogP contribution is 2.18. The number of hydrogen-bond acceptors (Lipinski definition) is 4. The highest BCUT2D eigenvalue weighted by molar-refractivity contribution is 5.96. The van der Waals surface area contributed by atoms with Gasteiger partial charge in [-0.2, -0.15) is 0 Å². The topological polar surface area (TPSA) is 76.7 Å². The standard InChI is InChI=1S/C26H37N5O2/c1-20(2)28-26(33)29-23-10-7-9-22(19-23)25(32)27-12-4-5-13-30-14-16-31(17-15-30)24-11-6-8-21(3)18-24/h6-11,18-20H,4-5,12-17H2,1-3H3,(H,27,32)(H2,28,29,33). The normalized spacial score (nSPS) is 14.2. The molecule has 1 saturated heterocycles.